The Morgan fingerprint density at radius 1 is 0.812 bits per heavy atom. The number of halogens is 2. The van der Waals surface area contributed by atoms with Crippen molar-refractivity contribution in [2.24, 2.45) is 0 Å². The standard InChI is InChI=1S/C25H20F2N2O3/c1-2-32-21-13-11-20(12-14-21)28-23-22(17-5-9-19(27)10-6-17)24(30)29(25(23)31)15-16-3-7-18(26)8-4-16/h3-14,28H,2,15H2,1H3. The molecule has 162 valence electrons. The number of carbonyl (C=O) groups excluding carboxylic acids is 2. The van der Waals surface area contributed by atoms with E-state index in [1.165, 1.54) is 48.5 Å². The first-order chi connectivity index (χ1) is 15.5. The number of imide groups is 1. The number of nitrogens with zero attached hydrogens (tertiary/aromatic N) is 1. The number of anilines is 1. The lowest BCUT2D eigenvalue weighted by Crippen LogP contribution is -2.32. The van der Waals surface area contributed by atoms with Gasteiger partial charge in [-0.3, -0.25) is 14.5 Å². The van der Waals surface area contributed by atoms with Gasteiger partial charge in [-0.25, -0.2) is 8.78 Å². The van der Waals surface area contributed by atoms with Gasteiger partial charge in [0.1, 0.15) is 23.1 Å². The predicted molar refractivity (Wildman–Crippen MR) is 117 cm³/mol. The van der Waals surface area contributed by atoms with Gasteiger partial charge >= 0.3 is 0 Å². The molecule has 0 aliphatic carbocycles. The molecule has 0 saturated heterocycles. The molecule has 0 atom stereocenters. The highest BCUT2D eigenvalue weighted by atomic mass is 19.1. The number of hydrogen-bond acceptors (Lipinski definition) is 4. The van der Waals surface area contributed by atoms with E-state index in [0.29, 0.717) is 29.2 Å². The van der Waals surface area contributed by atoms with Crippen molar-refractivity contribution >= 4 is 23.1 Å². The molecule has 5 nitrogen and oxygen atoms in total. The van der Waals surface area contributed by atoms with Crippen LogP contribution in [0.2, 0.25) is 0 Å². The second-order valence-electron chi connectivity index (χ2n) is 7.16. The van der Waals surface area contributed by atoms with Crippen LogP contribution in [0.15, 0.2) is 78.5 Å². The number of nitrogens with one attached hydrogen (secondary N) is 1. The van der Waals surface area contributed by atoms with Gasteiger partial charge in [-0.15, -0.1) is 0 Å². The van der Waals surface area contributed by atoms with Crippen molar-refractivity contribution < 1.29 is 23.1 Å². The summed E-state index contributed by atoms with van der Waals surface area (Å²) in [4.78, 5) is 27.5. The average Bonchev–Trinajstić information content (AvgIpc) is 3.01. The Morgan fingerprint density at radius 3 is 2.00 bits per heavy atom. The lowest BCUT2D eigenvalue weighted by Gasteiger charge is -2.15. The van der Waals surface area contributed by atoms with Crippen LogP contribution in [0.25, 0.3) is 5.57 Å². The summed E-state index contributed by atoms with van der Waals surface area (Å²) in [5, 5.41) is 3.04. The molecule has 0 fully saturated rings. The molecule has 0 saturated carbocycles. The van der Waals surface area contributed by atoms with Gasteiger partial charge in [0.05, 0.1) is 18.7 Å². The number of amides is 2. The Labute approximate surface area is 183 Å². The van der Waals surface area contributed by atoms with E-state index in [0.717, 1.165) is 4.90 Å². The van der Waals surface area contributed by atoms with Gasteiger partial charge in [-0.1, -0.05) is 24.3 Å². The third-order valence-electron chi connectivity index (χ3n) is 4.99. The van der Waals surface area contributed by atoms with E-state index in [1.54, 1.807) is 24.3 Å². The van der Waals surface area contributed by atoms with Gasteiger partial charge in [0.25, 0.3) is 11.8 Å². The molecule has 1 heterocycles. The topological polar surface area (TPSA) is 58.6 Å². The number of carbonyl (C=O) groups is 2. The van der Waals surface area contributed by atoms with Crippen molar-refractivity contribution in [2.75, 3.05) is 11.9 Å². The molecule has 1 N–H and O–H groups in total. The molecule has 0 radical (unpaired) electrons. The lowest BCUT2D eigenvalue weighted by molar-refractivity contribution is -0.137. The Balaban J connectivity index is 1.68. The van der Waals surface area contributed by atoms with E-state index < -0.39 is 23.4 Å². The zero-order valence-electron chi connectivity index (χ0n) is 17.3. The number of rotatable bonds is 7. The normalized spacial score (nSPS) is 13.7. The van der Waals surface area contributed by atoms with E-state index in [-0.39, 0.29) is 17.8 Å². The Bertz CT molecular complexity index is 1170. The molecule has 32 heavy (non-hydrogen) atoms. The second kappa shape index (κ2) is 9.01. The highest BCUT2D eigenvalue weighted by Crippen LogP contribution is 2.32. The molecule has 4 rings (SSSR count). The molecule has 0 aromatic heterocycles. The highest BCUT2D eigenvalue weighted by Gasteiger charge is 2.39. The van der Waals surface area contributed by atoms with Gasteiger partial charge in [0.2, 0.25) is 0 Å². The van der Waals surface area contributed by atoms with Crippen molar-refractivity contribution in [3.63, 3.8) is 0 Å². The van der Waals surface area contributed by atoms with Crippen LogP contribution in [0, 0.1) is 11.6 Å². The number of ether oxygens (including phenoxy) is 1. The second-order valence-corrected chi connectivity index (χ2v) is 7.16. The Kier molecular flexibility index (Phi) is 5.98. The summed E-state index contributed by atoms with van der Waals surface area (Å²) in [6.07, 6.45) is 0. The van der Waals surface area contributed by atoms with Crippen molar-refractivity contribution in [2.45, 2.75) is 13.5 Å². The summed E-state index contributed by atoms with van der Waals surface area (Å²) in [5.74, 6) is -1.21. The van der Waals surface area contributed by atoms with Crippen LogP contribution in [0.1, 0.15) is 18.1 Å². The minimum atomic E-state index is -0.521. The van der Waals surface area contributed by atoms with Crippen molar-refractivity contribution in [1.82, 2.24) is 4.90 Å². The first-order valence-electron chi connectivity index (χ1n) is 10.1. The van der Waals surface area contributed by atoms with Crippen molar-refractivity contribution in [3.05, 3.63) is 101 Å². The quantitative estimate of drug-likeness (QED) is 0.545. The lowest BCUT2D eigenvalue weighted by atomic mass is 10.0. The SMILES string of the molecule is CCOc1ccc(NC2=C(c3ccc(F)cc3)C(=O)N(Cc3ccc(F)cc3)C2=O)cc1. The summed E-state index contributed by atoms with van der Waals surface area (Å²) in [6, 6.07) is 17.9. The van der Waals surface area contributed by atoms with Crippen LogP contribution in [0.4, 0.5) is 14.5 Å². The Hall–Kier alpha value is -4.00. The minimum Gasteiger partial charge on any atom is -0.494 e. The van der Waals surface area contributed by atoms with E-state index in [4.69, 9.17) is 4.74 Å². The molecule has 0 spiro atoms. The molecule has 1 aliphatic rings. The van der Waals surface area contributed by atoms with Crippen LogP contribution in [0.3, 0.4) is 0 Å². The number of hydrogen-bond donors (Lipinski definition) is 1. The molecular weight excluding hydrogens is 414 g/mol. The molecule has 0 unspecified atom stereocenters. The molecular formula is C25H20F2N2O3. The monoisotopic (exact) mass is 434 g/mol. The van der Waals surface area contributed by atoms with E-state index in [1.807, 2.05) is 6.92 Å². The first-order valence-corrected chi connectivity index (χ1v) is 10.1. The Morgan fingerprint density at radius 2 is 1.41 bits per heavy atom. The number of benzene rings is 3. The fourth-order valence-electron chi connectivity index (χ4n) is 3.44. The molecule has 1 aliphatic heterocycles. The maximum absolute atomic E-state index is 13.5. The average molecular weight is 434 g/mol. The maximum Gasteiger partial charge on any atom is 0.278 e. The van der Waals surface area contributed by atoms with Crippen molar-refractivity contribution in [3.8, 4) is 5.75 Å². The summed E-state index contributed by atoms with van der Waals surface area (Å²) < 4.78 is 32.1. The third-order valence-corrected chi connectivity index (χ3v) is 4.99. The van der Waals surface area contributed by atoms with Gasteiger partial charge in [-0.05, 0) is 66.6 Å². The largest absolute Gasteiger partial charge is 0.494 e. The van der Waals surface area contributed by atoms with E-state index >= 15 is 0 Å². The van der Waals surface area contributed by atoms with Crippen LogP contribution in [-0.4, -0.2) is 23.3 Å². The predicted octanol–water partition coefficient (Wildman–Crippen LogP) is 4.76. The zero-order chi connectivity index (χ0) is 22.7. The molecule has 3 aromatic carbocycles. The van der Waals surface area contributed by atoms with Gasteiger partial charge < -0.3 is 10.1 Å². The van der Waals surface area contributed by atoms with Gasteiger partial charge in [-0.2, -0.15) is 0 Å². The van der Waals surface area contributed by atoms with Crippen LogP contribution >= 0.6 is 0 Å². The van der Waals surface area contributed by atoms with E-state index in [9.17, 15) is 18.4 Å². The fraction of sp³-hybridized carbons (Fsp3) is 0.120. The maximum atomic E-state index is 13.5. The van der Waals surface area contributed by atoms with Gasteiger partial charge in [0.15, 0.2) is 0 Å². The third kappa shape index (κ3) is 4.37. The van der Waals surface area contributed by atoms with Crippen LogP contribution < -0.4 is 10.1 Å². The first kappa shape index (κ1) is 21.2. The van der Waals surface area contributed by atoms with Gasteiger partial charge in [0, 0.05) is 5.69 Å². The zero-order valence-corrected chi connectivity index (χ0v) is 17.3. The summed E-state index contributed by atoms with van der Waals surface area (Å²) >= 11 is 0. The summed E-state index contributed by atoms with van der Waals surface area (Å²) in [6.45, 7) is 2.39. The minimum absolute atomic E-state index is 0.0168. The van der Waals surface area contributed by atoms with Crippen LogP contribution in [-0.2, 0) is 16.1 Å². The van der Waals surface area contributed by atoms with Crippen molar-refractivity contribution in [1.29, 1.82) is 0 Å². The summed E-state index contributed by atoms with van der Waals surface area (Å²) in [7, 11) is 0. The fourth-order valence-corrected chi connectivity index (χ4v) is 3.44. The summed E-state index contributed by atoms with van der Waals surface area (Å²) in [5.41, 5.74) is 1.85. The highest BCUT2D eigenvalue weighted by molar-refractivity contribution is 6.36. The molecule has 7 heteroatoms. The smallest absolute Gasteiger partial charge is 0.278 e. The molecule has 0 bridgehead atoms. The molecule has 2 amide bonds. The van der Waals surface area contributed by atoms with Crippen LogP contribution in [0.5, 0.6) is 5.75 Å². The molecule has 3 aromatic rings. The van der Waals surface area contributed by atoms with E-state index in [2.05, 4.69) is 5.32 Å².